The Morgan fingerprint density at radius 3 is 2.28 bits per heavy atom. The van der Waals surface area contributed by atoms with Gasteiger partial charge in [0, 0.05) is 37.8 Å². The van der Waals surface area contributed by atoms with Crippen LogP contribution in [-0.4, -0.2) is 61.6 Å². The summed E-state index contributed by atoms with van der Waals surface area (Å²) in [6.07, 6.45) is -6.33. The largest absolute Gasteiger partial charge is 0.489 e. The van der Waals surface area contributed by atoms with E-state index in [0.29, 0.717) is 26.0 Å². The normalized spacial score (nSPS) is 19.6. The van der Waals surface area contributed by atoms with Crippen LogP contribution in [-0.2, 0) is 21.0 Å². The van der Waals surface area contributed by atoms with Gasteiger partial charge in [-0.05, 0) is 44.5 Å². The van der Waals surface area contributed by atoms with E-state index < -0.39 is 93.5 Å². The molecule has 1 heterocycles. The van der Waals surface area contributed by atoms with E-state index >= 15 is 0 Å². The average Bonchev–Trinajstić information content (AvgIpc) is 2.88. The maximum absolute atomic E-state index is 14.3. The standard InChI is InChI=1S/C24H25F7N2O5S/c1-22(26,21(34)35)13-38-19-11-20-18(10-17(19)24(29,30)31)33(15-6-4-5-14(25)9-15)12-16(7-8-23(2,27)28)32(3)39(20,36)37/h4-6,9-11,16H,7-8,12-13H2,1-3H3,(H,34,35)/t16-,22-/m1/s1. The van der Waals surface area contributed by atoms with Crippen LogP contribution in [0, 0.1) is 5.82 Å². The molecule has 0 aliphatic carbocycles. The lowest BCUT2D eigenvalue weighted by Crippen LogP contribution is -2.41. The number of anilines is 2. The third-order valence-corrected chi connectivity index (χ3v) is 8.14. The van der Waals surface area contributed by atoms with Crippen LogP contribution in [0.2, 0.25) is 0 Å². The second-order valence-electron chi connectivity index (χ2n) is 9.48. The summed E-state index contributed by atoms with van der Waals surface area (Å²) in [7, 11) is -3.62. The molecule has 2 aromatic rings. The molecule has 216 valence electrons. The first-order chi connectivity index (χ1) is 17.7. The zero-order valence-electron chi connectivity index (χ0n) is 20.9. The fourth-order valence-electron chi connectivity index (χ4n) is 3.94. The highest BCUT2D eigenvalue weighted by molar-refractivity contribution is 7.89. The molecule has 39 heavy (non-hydrogen) atoms. The number of alkyl halides is 6. The van der Waals surface area contributed by atoms with Crippen molar-refractivity contribution in [3.8, 4) is 5.75 Å². The highest BCUT2D eigenvalue weighted by Crippen LogP contribution is 2.46. The smallest absolute Gasteiger partial charge is 0.420 e. The maximum atomic E-state index is 14.3. The summed E-state index contributed by atoms with van der Waals surface area (Å²) in [6, 6.07) is 4.23. The van der Waals surface area contributed by atoms with Gasteiger partial charge in [0.2, 0.25) is 21.6 Å². The number of sulfonamides is 1. The number of carboxylic acid groups (broad SMARTS) is 1. The zero-order valence-corrected chi connectivity index (χ0v) is 21.7. The van der Waals surface area contributed by atoms with Crippen molar-refractivity contribution in [2.45, 2.75) is 55.4 Å². The number of hydrogen-bond acceptors (Lipinski definition) is 5. The van der Waals surface area contributed by atoms with E-state index in [1.165, 1.54) is 12.1 Å². The molecule has 2 atom stereocenters. The fourth-order valence-corrected chi connectivity index (χ4v) is 5.50. The number of rotatable bonds is 8. The molecule has 1 aliphatic rings. The van der Waals surface area contributed by atoms with Gasteiger partial charge in [0.25, 0.3) is 0 Å². The van der Waals surface area contributed by atoms with Crippen molar-refractivity contribution in [1.29, 1.82) is 0 Å². The number of fused-ring (bicyclic) bond motifs is 1. The van der Waals surface area contributed by atoms with Gasteiger partial charge < -0.3 is 14.7 Å². The number of benzene rings is 2. The molecule has 7 nitrogen and oxygen atoms in total. The Balaban J connectivity index is 2.27. The van der Waals surface area contributed by atoms with Crippen molar-refractivity contribution < 1.29 is 53.8 Å². The summed E-state index contributed by atoms with van der Waals surface area (Å²) in [5.74, 6) is -7.16. The predicted molar refractivity (Wildman–Crippen MR) is 126 cm³/mol. The van der Waals surface area contributed by atoms with Crippen molar-refractivity contribution >= 4 is 27.4 Å². The second-order valence-corrected chi connectivity index (χ2v) is 11.4. The van der Waals surface area contributed by atoms with Gasteiger partial charge in [0.1, 0.15) is 23.1 Å². The number of carbonyl (C=O) groups is 1. The fraction of sp³-hybridized carbons (Fsp3) is 0.458. The van der Waals surface area contributed by atoms with Crippen molar-refractivity contribution in [3.63, 3.8) is 0 Å². The van der Waals surface area contributed by atoms with Crippen molar-refractivity contribution in [2.75, 3.05) is 25.1 Å². The number of carboxylic acids is 1. The Morgan fingerprint density at radius 1 is 1.10 bits per heavy atom. The maximum Gasteiger partial charge on any atom is 0.420 e. The Labute approximate surface area is 219 Å². The van der Waals surface area contributed by atoms with Crippen LogP contribution in [0.5, 0.6) is 5.75 Å². The van der Waals surface area contributed by atoms with Crippen molar-refractivity contribution in [1.82, 2.24) is 4.31 Å². The van der Waals surface area contributed by atoms with E-state index in [4.69, 9.17) is 9.84 Å². The molecule has 15 heteroatoms. The number of halogens is 7. The van der Waals surface area contributed by atoms with Crippen molar-refractivity contribution in [2.24, 2.45) is 0 Å². The van der Waals surface area contributed by atoms with E-state index in [-0.39, 0.29) is 5.69 Å². The predicted octanol–water partition coefficient (Wildman–Crippen LogP) is 5.61. The van der Waals surface area contributed by atoms with E-state index in [1.807, 2.05) is 0 Å². The summed E-state index contributed by atoms with van der Waals surface area (Å²) in [4.78, 5) is 11.4. The minimum Gasteiger partial charge on any atom is -0.489 e. The van der Waals surface area contributed by atoms with Gasteiger partial charge in [-0.2, -0.15) is 17.5 Å². The van der Waals surface area contributed by atoms with Crippen LogP contribution in [0.1, 0.15) is 32.3 Å². The van der Waals surface area contributed by atoms with E-state index in [0.717, 1.165) is 28.4 Å². The molecule has 0 unspecified atom stereocenters. The molecular formula is C24H25F7N2O5S. The summed E-state index contributed by atoms with van der Waals surface area (Å²) in [6.45, 7) is -0.619. The minimum atomic E-state index is -5.18. The molecule has 3 rings (SSSR count). The van der Waals surface area contributed by atoms with Gasteiger partial charge in [0.15, 0.2) is 0 Å². The third kappa shape index (κ3) is 6.75. The van der Waals surface area contributed by atoms with Crippen LogP contribution in [0.4, 0.5) is 42.1 Å². The number of nitrogens with zero attached hydrogens (tertiary/aromatic N) is 2. The molecule has 0 aromatic heterocycles. The highest BCUT2D eigenvalue weighted by Gasteiger charge is 2.43. The summed E-state index contributed by atoms with van der Waals surface area (Å²) in [5.41, 5.74) is -5.28. The average molecular weight is 587 g/mol. The SMILES string of the molecule is CN1[C@H](CCC(C)(F)F)CN(c2cccc(F)c2)c2cc(C(F)(F)F)c(OC[C@@](C)(F)C(=O)O)cc2S1(=O)=O. The molecule has 0 bridgehead atoms. The van der Waals surface area contributed by atoms with Gasteiger partial charge in [-0.3, -0.25) is 0 Å². The Kier molecular flexibility index (Phi) is 8.19. The monoisotopic (exact) mass is 586 g/mol. The van der Waals surface area contributed by atoms with Gasteiger partial charge in [0.05, 0.1) is 11.3 Å². The number of hydrogen-bond donors (Lipinski definition) is 1. The highest BCUT2D eigenvalue weighted by atomic mass is 32.2. The van der Waals surface area contributed by atoms with Crippen LogP contribution in [0.15, 0.2) is 41.3 Å². The third-order valence-electron chi connectivity index (χ3n) is 6.20. The van der Waals surface area contributed by atoms with Gasteiger partial charge >= 0.3 is 12.1 Å². The Bertz CT molecular complexity index is 1340. The van der Waals surface area contributed by atoms with Gasteiger partial charge in [-0.15, -0.1) is 0 Å². The first kappa shape index (κ1) is 30.5. The number of aliphatic carboxylic acids is 1. The van der Waals surface area contributed by atoms with E-state index in [9.17, 15) is 43.9 Å². The second kappa shape index (κ2) is 10.5. The molecular weight excluding hydrogens is 561 g/mol. The minimum absolute atomic E-state index is 0.0565. The molecule has 0 fully saturated rings. The molecule has 0 spiro atoms. The molecule has 0 amide bonds. The molecule has 2 aromatic carbocycles. The topological polar surface area (TPSA) is 87.2 Å². The van der Waals surface area contributed by atoms with Gasteiger partial charge in [-0.1, -0.05) is 6.07 Å². The lowest BCUT2D eigenvalue weighted by atomic mass is 10.1. The molecule has 1 N–H and O–H groups in total. The molecule has 1 aliphatic heterocycles. The van der Waals surface area contributed by atoms with Crippen molar-refractivity contribution in [3.05, 3.63) is 47.8 Å². The van der Waals surface area contributed by atoms with E-state index in [2.05, 4.69) is 0 Å². The number of likely N-dealkylation sites (N-methyl/N-ethyl adjacent to an activating group) is 1. The summed E-state index contributed by atoms with van der Waals surface area (Å²) >= 11 is 0. The first-order valence-electron chi connectivity index (χ1n) is 11.4. The summed E-state index contributed by atoms with van der Waals surface area (Å²) in [5, 5.41) is 8.95. The summed E-state index contributed by atoms with van der Waals surface area (Å²) < 4.78 is 131. The molecule has 0 saturated heterocycles. The zero-order chi connectivity index (χ0) is 29.6. The number of ether oxygens (including phenoxy) is 1. The Morgan fingerprint density at radius 2 is 1.74 bits per heavy atom. The quantitative estimate of drug-likeness (QED) is 0.405. The van der Waals surface area contributed by atoms with Crippen LogP contribution in [0.25, 0.3) is 0 Å². The van der Waals surface area contributed by atoms with Crippen LogP contribution < -0.4 is 9.64 Å². The molecule has 0 radical (unpaired) electrons. The van der Waals surface area contributed by atoms with E-state index in [1.54, 1.807) is 0 Å². The molecule has 0 saturated carbocycles. The first-order valence-corrected chi connectivity index (χ1v) is 12.9. The Hall–Kier alpha value is -3.07. The van der Waals surface area contributed by atoms with Crippen LogP contribution >= 0.6 is 0 Å². The van der Waals surface area contributed by atoms with Gasteiger partial charge in [-0.25, -0.2) is 30.8 Å². The lowest BCUT2D eigenvalue weighted by Gasteiger charge is -2.30. The lowest BCUT2D eigenvalue weighted by molar-refractivity contribution is -0.151. The van der Waals surface area contributed by atoms with Crippen LogP contribution in [0.3, 0.4) is 0 Å².